The summed E-state index contributed by atoms with van der Waals surface area (Å²) >= 11 is 0. The molecule has 0 atom stereocenters. The van der Waals surface area contributed by atoms with Gasteiger partial charge in [0.25, 0.3) is 0 Å². The summed E-state index contributed by atoms with van der Waals surface area (Å²) in [7, 11) is 2.02. The Hall–Kier alpha value is -1.28. The lowest BCUT2D eigenvalue weighted by Gasteiger charge is -2.09. The summed E-state index contributed by atoms with van der Waals surface area (Å²) in [5, 5.41) is 4.68. The second-order valence-electron chi connectivity index (χ2n) is 5.33. The van der Waals surface area contributed by atoms with Crippen molar-refractivity contribution in [3.8, 4) is 0 Å². The number of fused-ring (bicyclic) bond motifs is 1. The van der Waals surface area contributed by atoms with E-state index in [0.29, 0.717) is 6.04 Å². The zero-order valence-corrected chi connectivity index (χ0v) is 12.0. The van der Waals surface area contributed by atoms with E-state index in [0.717, 1.165) is 13.0 Å². The van der Waals surface area contributed by atoms with Crippen molar-refractivity contribution in [2.45, 2.75) is 39.7 Å². The maximum Gasteiger partial charge on any atom is 0.0488 e. The topological polar surface area (TPSA) is 17.0 Å². The summed E-state index contributed by atoms with van der Waals surface area (Å²) in [5.41, 5.74) is 4.27. The van der Waals surface area contributed by atoms with Crippen molar-refractivity contribution in [3.05, 3.63) is 35.5 Å². The van der Waals surface area contributed by atoms with Crippen LogP contribution in [0, 0.1) is 6.92 Å². The number of nitrogens with zero attached hydrogens (tertiary/aromatic N) is 1. The lowest BCUT2D eigenvalue weighted by molar-refractivity contribution is 0.619. The molecule has 0 unspecified atom stereocenters. The van der Waals surface area contributed by atoms with Crippen molar-refractivity contribution in [2.24, 2.45) is 0 Å². The molecule has 0 aliphatic rings. The van der Waals surface area contributed by atoms with E-state index >= 15 is 0 Å². The van der Waals surface area contributed by atoms with Gasteiger partial charge in [0.05, 0.1) is 0 Å². The standard InChI is InChI=1S/C16H24N2/c1-12(2)18-11-14(8-6-10-17-4)16-13(3)7-5-9-15(16)18/h5,7,9,11-12,17H,6,8,10H2,1-4H3. The summed E-state index contributed by atoms with van der Waals surface area (Å²) in [5.74, 6) is 0. The fraction of sp³-hybridized carbons (Fsp3) is 0.500. The van der Waals surface area contributed by atoms with Crippen LogP contribution in [0.15, 0.2) is 24.4 Å². The summed E-state index contributed by atoms with van der Waals surface area (Å²) in [4.78, 5) is 0. The van der Waals surface area contributed by atoms with Crippen LogP contribution in [-0.4, -0.2) is 18.2 Å². The second kappa shape index (κ2) is 5.57. The molecule has 0 saturated carbocycles. The lowest BCUT2D eigenvalue weighted by atomic mass is 10.0. The molecule has 2 rings (SSSR count). The van der Waals surface area contributed by atoms with Crippen LogP contribution in [0.3, 0.4) is 0 Å². The normalized spacial score (nSPS) is 11.6. The van der Waals surface area contributed by atoms with Gasteiger partial charge in [0.2, 0.25) is 0 Å². The van der Waals surface area contributed by atoms with E-state index in [-0.39, 0.29) is 0 Å². The van der Waals surface area contributed by atoms with Crippen molar-refractivity contribution in [3.63, 3.8) is 0 Å². The summed E-state index contributed by atoms with van der Waals surface area (Å²) < 4.78 is 2.40. The highest BCUT2D eigenvalue weighted by molar-refractivity contribution is 5.87. The first kappa shape index (κ1) is 13.2. The van der Waals surface area contributed by atoms with Crippen molar-refractivity contribution >= 4 is 10.9 Å². The molecule has 0 aliphatic carbocycles. The van der Waals surface area contributed by atoms with Gasteiger partial charge in [-0.05, 0) is 64.4 Å². The van der Waals surface area contributed by atoms with E-state index in [1.54, 1.807) is 0 Å². The quantitative estimate of drug-likeness (QED) is 0.794. The SMILES string of the molecule is CNCCCc1cn(C(C)C)c2cccc(C)c12. The molecule has 0 bridgehead atoms. The fourth-order valence-electron chi connectivity index (χ4n) is 2.66. The Morgan fingerprint density at radius 1 is 1.28 bits per heavy atom. The number of hydrogen-bond donors (Lipinski definition) is 1. The molecule has 2 nitrogen and oxygen atoms in total. The fourth-order valence-corrected chi connectivity index (χ4v) is 2.66. The van der Waals surface area contributed by atoms with E-state index in [9.17, 15) is 0 Å². The third-order valence-corrected chi connectivity index (χ3v) is 3.57. The van der Waals surface area contributed by atoms with E-state index < -0.39 is 0 Å². The van der Waals surface area contributed by atoms with Crippen molar-refractivity contribution < 1.29 is 0 Å². The maximum absolute atomic E-state index is 3.22. The average molecular weight is 244 g/mol. The first-order valence-electron chi connectivity index (χ1n) is 6.88. The van der Waals surface area contributed by atoms with Crippen molar-refractivity contribution in [1.82, 2.24) is 9.88 Å². The van der Waals surface area contributed by atoms with Crippen LogP contribution in [0.5, 0.6) is 0 Å². The van der Waals surface area contributed by atoms with Crippen LogP contribution in [0.1, 0.15) is 37.4 Å². The van der Waals surface area contributed by atoms with E-state index in [2.05, 4.69) is 55.1 Å². The van der Waals surface area contributed by atoms with Crippen LogP contribution in [0.4, 0.5) is 0 Å². The average Bonchev–Trinajstić information content (AvgIpc) is 2.70. The van der Waals surface area contributed by atoms with Crippen LogP contribution in [0.25, 0.3) is 10.9 Å². The minimum atomic E-state index is 0.521. The largest absolute Gasteiger partial charge is 0.345 e. The Morgan fingerprint density at radius 3 is 2.72 bits per heavy atom. The van der Waals surface area contributed by atoms with Crippen LogP contribution < -0.4 is 5.32 Å². The second-order valence-corrected chi connectivity index (χ2v) is 5.33. The van der Waals surface area contributed by atoms with Crippen LogP contribution in [-0.2, 0) is 6.42 Å². The van der Waals surface area contributed by atoms with E-state index in [1.165, 1.54) is 28.5 Å². The van der Waals surface area contributed by atoms with Gasteiger partial charge in [0.15, 0.2) is 0 Å². The predicted molar refractivity (Wildman–Crippen MR) is 79.3 cm³/mol. The molecule has 0 amide bonds. The molecule has 1 N–H and O–H groups in total. The molecule has 1 aromatic carbocycles. The highest BCUT2D eigenvalue weighted by atomic mass is 15.0. The monoisotopic (exact) mass is 244 g/mol. The van der Waals surface area contributed by atoms with Gasteiger partial charge in [-0.15, -0.1) is 0 Å². The molecule has 0 radical (unpaired) electrons. The molecular weight excluding hydrogens is 220 g/mol. The van der Waals surface area contributed by atoms with Gasteiger partial charge in [-0.2, -0.15) is 0 Å². The molecule has 0 fully saturated rings. The highest BCUT2D eigenvalue weighted by Gasteiger charge is 2.11. The molecular formula is C16H24N2. The lowest BCUT2D eigenvalue weighted by Crippen LogP contribution is -2.08. The van der Waals surface area contributed by atoms with Gasteiger partial charge in [0.1, 0.15) is 0 Å². The Balaban J connectivity index is 2.45. The van der Waals surface area contributed by atoms with Gasteiger partial charge in [-0.25, -0.2) is 0 Å². The summed E-state index contributed by atoms with van der Waals surface area (Å²) in [6, 6.07) is 7.14. The molecule has 98 valence electrons. The zero-order valence-electron chi connectivity index (χ0n) is 12.0. The zero-order chi connectivity index (χ0) is 13.1. The Bertz CT molecular complexity index is 523. The molecule has 1 aromatic heterocycles. The number of hydrogen-bond acceptors (Lipinski definition) is 1. The molecule has 0 saturated heterocycles. The first-order valence-corrected chi connectivity index (χ1v) is 6.88. The third-order valence-electron chi connectivity index (χ3n) is 3.57. The van der Waals surface area contributed by atoms with Gasteiger partial charge in [-0.1, -0.05) is 12.1 Å². The number of nitrogens with one attached hydrogen (secondary N) is 1. The van der Waals surface area contributed by atoms with Gasteiger partial charge in [0, 0.05) is 23.1 Å². The summed E-state index contributed by atoms with van der Waals surface area (Å²) in [6.07, 6.45) is 4.70. The Labute approximate surface area is 110 Å². The minimum Gasteiger partial charge on any atom is -0.345 e. The number of benzene rings is 1. The Kier molecular flexibility index (Phi) is 4.07. The molecule has 18 heavy (non-hydrogen) atoms. The van der Waals surface area contributed by atoms with Gasteiger partial charge < -0.3 is 9.88 Å². The molecule has 2 heteroatoms. The molecule has 1 heterocycles. The van der Waals surface area contributed by atoms with Crippen molar-refractivity contribution in [1.29, 1.82) is 0 Å². The third kappa shape index (κ3) is 2.44. The van der Waals surface area contributed by atoms with Crippen molar-refractivity contribution in [2.75, 3.05) is 13.6 Å². The molecule has 0 spiro atoms. The maximum atomic E-state index is 3.22. The van der Waals surface area contributed by atoms with Gasteiger partial charge in [-0.3, -0.25) is 0 Å². The minimum absolute atomic E-state index is 0.521. The number of aromatic nitrogens is 1. The predicted octanol–water partition coefficient (Wildman–Crippen LogP) is 3.68. The smallest absolute Gasteiger partial charge is 0.0488 e. The van der Waals surface area contributed by atoms with Crippen LogP contribution in [0.2, 0.25) is 0 Å². The number of rotatable bonds is 5. The first-order chi connectivity index (χ1) is 8.65. The molecule has 0 aliphatic heterocycles. The van der Waals surface area contributed by atoms with Gasteiger partial charge >= 0.3 is 0 Å². The highest BCUT2D eigenvalue weighted by Crippen LogP contribution is 2.28. The van der Waals surface area contributed by atoms with Crippen LogP contribution >= 0.6 is 0 Å². The van der Waals surface area contributed by atoms with E-state index in [4.69, 9.17) is 0 Å². The number of aryl methyl sites for hydroxylation is 2. The summed E-state index contributed by atoms with van der Waals surface area (Å²) in [6.45, 7) is 7.80. The Morgan fingerprint density at radius 2 is 2.06 bits per heavy atom. The van der Waals surface area contributed by atoms with E-state index in [1.807, 2.05) is 7.05 Å². The molecule has 2 aromatic rings.